The fraction of sp³-hybridized carbons (Fsp3) is 0.500. The summed E-state index contributed by atoms with van der Waals surface area (Å²) >= 11 is 11.9. The number of rotatable bonds is 9. The first-order valence-corrected chi connectivity index (χ1v) is 14.0. The number of amides is 2. The predicted molar refractivity (Wildman–Crippen MR) is 142 cm³/mol. The van der Waals surface area contributed by atoms with Crippen LogP contribution in [0, 0.1) is 11.7 Å². The summed E-state index contributed by atoms with van der Waals surface area (Å²) in [5.41, 5.74) is 0.195. The van der Waals surface area contributed by atoms with Gasteiger partial charge in [0.25, 0.3) is 11.8 Å². The normalized spacial score (nSPS) is 29.4. The van der Waals surface area contributed by atoms with Crippen molar-refractivity contribution in [2.45, 2.75) is 67.8 Å². The zero-order chi connectivity index (χ0) is 27.4. The minimum Gasteiger partial charge on any atom is -0.484 e. The standard InChI is InChI=1S/C28H30Cl2FN3O5/c29-16-1-4-23-18(7-16)21(33-27(14-35)5-6-27)9-24(39-23)26(37)34-28-10-15(11-28)22(12-28)32-25(36)13-38-17-2-3-19(30)20(31)8-17/h1-4,7-8,15,21-22,24,33,35H,5-6,9-14H2,(H,32,36)(H,34,37)/t15?,21-,22?,24+,28?/m0/s1. The zero-order valence-electron chi connectivity index (χ0n) is 21.1. The summed E-state index contributed by atoms with van der Waals surface area (Å²) in [7, 11) is 0. The third-order valence-electron chi connectivity index (χ3n) is 8.48. The summed E-state index contributed by atoms with van der Waals surface area (Å²) in [4.78, 5) is 25.9. The van der Waals surface area contributed by atoms with Gasteiger partial charge < -0.3 is 30.5 Å². The second kappa shape index (κ2) is 10.1. The first kappa shape index (κ1) is 26.6. The molecule has 5 aliphatic rings. The highest BCUT2D eigenvalue weighted by Crippen LogP contribution is 2.52. The lowest BCUT2D eigenvalue weighted by molar-refractivity contribution is -0.132. The van der Waals surface area contributed by atoms with Crippen molar-refractivity contribution in [2.75, 3.05) is 13.2 Å². The number of aliphatic hydroxyl groups excluding tert-OH is 1. The average molecular weight is 578 g/mol. The van der Waals surface area contributed by atoms with E-state index in [1.54, 1.807) is 12.1 Å². The van der Waals surface area contributed by atoms with Crippen LogP contribution in [0.5, 0.6) is 11.5 Å². The molecule has 4 saturated carbocycles. The summed E-state index contributed by atoms with van der Waals surface area (Å²) in [6, 6.07) is 9.14. The highest BCUT2D eigenvalue weighted by molar-refractivity contribution is 6.31. The number of ether oxygens (including phenoxy) is 2. The summed E-state index contributed by atoms with van der Waals surface area (Å²) < 4.78 is 25.1. The Morgan fingerprint density at radius 1 is 1.13 bits per heavy atom. The number of aliphatic hydroxyl groups is 1. The van der Waals surface area contributed by atoms with Gasteiger partial charge in [-0.3, -0.25) is 9.59 Å². The van der Waals surface area contributed by atoms with Crippen molar-refractivity contribution in [1.82, 2.24) is 16.0 Å². The molecule has 2 aromatic carbocycles. The summed E-state index contributed by atoms with van der Waals surface area (Å²) in [6.07, 6.45) is 3.67. The number of benzene rings is 2. The number of carbonyl (C=O) groups excluding carboxylic acids is 2. The van der Waals surface area contributed by atoms with E-state index < -0.39 is 11.9 Å². The van der Waals surface area contributed by atoms with E-state index in [9.17, 15) is 19.1 Å². The quantitative estimate of drug-likeness (QED) is 0.362. The lowest BCUT2D eigenvalue weighted by Gasteiger charge is -2.41. The van der Waals surface area contributed by atoms with Crippen LogP contribution in [0.3, 0.4) is 0 Å². The minimum absolute atomic E-state index is 0.0131. The second-order valence-electron chi connectivity index (χ2n) is 11.3. The Labute approximate surface area is 235 Å². The molecular weight excluding hydrogens is 548 g/mol. The third-order valence-corrected chi connectivity index (χ3v) is 9.02. The van der Waals surface area contributed by atoms with Gasteiger partial charge in [-0.05, 0) is 68.4 Å². The monoisotopic (exact) mass is 577 g/mol. The van der Waals surface area contributed by atoms with Crippen molar-refractivity contribution in [2.24, 2.45) is 5.92 Å². The van der Waals surface area contributed by atoms with Crippen LogP contribution >= 0.6 is 23.2 Å². The average Bonchev–Trinajstić information content (AvgIpc) is 3.48. The molecule has 1 heterocycles. The highest BCUT2D eigenvalue weighted by atomic mass is 35.5. The van der Waals surface area contributed by atoms with Crippen molar-refractivity contribution < 1.29 is 28.6 Å². The van der Waals surface area contributed by atoms with E-state index >= 15 is 0 Å². The fourth-order valence-corrected chi connectivity index (χ4v) is 6.52. The number of hydrogen-bond donors (Lipinski definition) is 4. The summed E-state index contributed by atoms with van der Waals surface area (Å²) in [6.45, 7) is -0.205. The zero-order valence-corrected chi connectivity index (χ0v) is 22.7. The topological polar surface area (TPSA) is 109 Å². The van der Waals surface area contributed by atoms with E-state index in [-0.39, 0.29) is 64.9 Å². The Bertz CT molecular complexity index is 1300. The van der Waals surface area contributed by atoms with Crippen LogP contribution < -0.4 is 25.4 Å². The molecule has 4 fully saturated rings. The van der Waals surface area contributed by atoms with Gasteiger partial charge in [0.2, 0.25) is 0 Å². The number of halogens is 3. The third kappa shape index (κ3) is 5.42. The molecule has 4 N–H and O–H groups in total. The van der Waals surface area contributed by atoms with Gasteiger partial charge >= 0.3 is 0 Å². The molecule has 0 radical (unpaired) electrons. The maximum atomic E-state index is 13.6. The number of hydrogen-bond acceptors (Lipinski definition) is 6. The largest absolute Gasteiger partial charge is 0.484 e. The lowest BCUT2D eigenvalue weighted by Crippen LogP contribution is -2.56. The van der Waals surface area contributed by atoms with E-state index in [1.165, 1.54) is 12.1 Å². The Morgan fingerprint density at radius 3 is 2.64 bits per heavy atom. The van der Waals surface area contributed by atoms with E-state index in [2.05, 4.69) is 16.0 Å². The Morgan fingerprint density at radius 2 is 1.92 bits per heavy atom. The van der Waals surface area contributed by atoms with Crippen molar-refractivity contribution in [1.29, 1.82) is 0 Å². The number of carbonyl (C=O) groups is 2. The number of fused-ring (bicyclic) bond motifs is 2. The molecule has 0 saturated heterocycles. The van der Waals surface area contributed by atoms with Crippen molar-refractivity contribution in [3.8, 4) is 11.5 Å². The summed E-state index contributed by atoms with van der Waals surface area (Å²) in [5, 5.41) is 20.2. The second-order valence-corrected chi connectivity index (χ2v) is 12.2. The highest BCUT2D eigenvalue weighted by Gasteiger charge is 2.58. The maximum absolute atomic E-state index is 13.6. The van der Waals surface area contributed by atoms with Gasteiger partial charge in [-0.15, -0.1) is 0 Å². The molecule has 39 heavy (non-hydrogen) atoms. The summed E-state index contributed by atoms with van der Waals surface area (Å²) in [5.74, 6) is 0.00364. The van der Waals surface area contributed by atoms with Crippen LogP contribution in [-0.2, 0) is 9.59 Å². The van der Waals surface area contributed by atoms with Crippen LogP contribution in [-0.4, -0.2) is 53.4 Å². The van der Waals surface area contributed by atoms with E-state index in [1.807, 2.05) is 6.07 Å². The van der Waals surface area contributed by atoms with Gasteiger partial charge in [0.1, 0.15) is 17.3 Å². The molecule has 11 heteroatoms. The maximum Gasteiger partial charge on any atom is 0.261 e. The van der Waals surface area contributed by atoms with Gasteiger partial charge in [0, 0.05) is 46.2 Å². The SMILES string of the molecule is O=C(COc1ccc(Cl)c(F)c1)NC1CC2(NC(=O)[C@H]3C[C@H](NC4(CO)CC4)c4cc(Cl)ccc4O3)CC1C2. The van der Waals surface area contributed by atoms with Crippen LogP contribution in [0.2, 0.25) is 10.0 Å². The molecule has 2 amide bonds. The smallest absolute Gasteiger partial charge is 0.261 e. The van der Waals surface area contributed by atoms with Crippen molar-refractivity contribution in [3.63, 3.8) is 0 Å². The molecular formula is C28H30Cl2FN3O5. The van der Waals surface area contributed by atoms with E-state index in [0.29, 0.717) is 23.6 Å². The molecule has 0 aromatic heterocycles. The molecule has 1 unspecified atom stereocenters. The molecule has 2 bridgehead atoms. The molecule has 1 aliphatic heterocycles. The van der Waals surface area contributed by atoms with Gasteiger partial charge in [-0.1, -0.05) is 23.2 Å². The van der Waals surface area contributed by atoms with Crippen LogP contribution in [0.25, 0.3) is 0 Å². The molecule has 4 aliphatic carbocycles. The Hall–Kier alpha value is -2.59. The minimum atomic E-state index is -0.694. The van der Waals surface area contributed by atoms with Gasteiger partial charge in [0.05, 0.1) is 11.6 Å². The molecule has 8 nitrogen and oxygen atoms in total. The molecule has 208 valence electrons. The Balaban J connectivity index is 1.04. The number of nitrogens with one attached hydrogen (secondary N) is 3. The molecule has 0 spiro atoms. The van der Waals surface area contributed by atoms with Crippen molar-refractivity contribution >= 4 is 35.0 Å². The fourth-order valence-electron chi connectivity index (χ4n) is 6.22. The lowest BCUT2D eigenvalue weighted by atomic mass is 9.76. The van der Waals surface area contributed by atoms with E-state index in [4.69, 9.17) is 32.7 Å². The van der Waals surface area contributed by atoms with Gasteiger partial charge in [0.15, 0.2) is 12.7 Å². The van der Waals surface area contributed by atoms with Crippen LogP contribution in [0.1, 0.15) is 50.1 Å². The van der Waals surface area contributed by atoms with Crippen LogP contribution in [0.4, 0.5) is 4.39 Å². The van der Waals surface area contributed by atoms with Gasteiger partial charge in [-0.2, -0.15) is 0 Å². The Kier molecular flexibility index (Phi) is 6.90. The first-order chi connectivity index (χ1) is 18.7. The van der Waals surface area contributed by atoms with E-state index in [0.717, 1.165) is 37.3 Å². The van der Waals surface area contributed by atoms with Gasteiger partial charge in [-0.25, -0.2) is 4.39 Å². The van der Waals surface area contributed by atoms with Crippen molar-refractivity contribution in [3.05, 3.63) is 57.8 Å². The molecule has 7 rings (SSSR count). The predicted octanol–water partition coefficient (Wildman–Crippen LogP) is 3.67. The van der Waals surface area contributed by atoms with Crippen LogP contribution in [0.15, 0.2) is 36.4 Å². The molecule has 2 aromatic rings. The first-order valence-electron chi connectivity index (χ1n) is 13.2. The molecule has 3 atom stereocenters.